The van der Waals surface area contributed by atoms with Gasteiger partial charge in [0.2, 0.25) is 0 Å². The Hall–Kier alpha value is -1.68. The second-order valence-electron chi connectivity index (χ2n) is 5.80. The minimum absolute atomic E-state index is 0.656. The lowest BCUT2D eigenvalue weighted by molar-refractivity contribution is 0.143. The monoisotopic (exact) mass is 303 g/mol. The van der Waals surface area contributed by atoms with Crippen molar-refractivity contribution in [2.45, 2.75) is 26.0 Å². The molecule has 21 heavy (non-hydrogen) atoms. The molecular weight excluding hydrogens is 286 g/mol. The molecule has 1 aromatic heterocycles. The van der Waals surface area contributed by atoms with Gasteiger partial charge >= 0.3 is 0 Å². The van der Waals surface area contributed by atoms with Gasteiger partial charge in [0, 0.05) is 18.5 Å². The molecule has 3 heterocycles. The molecule has 1 N–H and O–H groups in total. The van der Waals surface area contributed by atoms with Crippen LogP contribution in [0.1, 0.15) is 25.2 Å². The lowest BCUT2D eigenvalue weighted by Crippen LogP contribution is -2.20. The van der Waals surface area contributed by atoms with Crippen LogP contribution in [-0.4, -0.2) is 43.0 Å². The molecule has 5 nitrogen and oxygen atoms in total. The summed E-state index contributed by atoms with van der Waals surface area (Å²) in [4.78, 5) is 7.34. The van der Waals surface area contributed by atoms with Crippen molar-refractivity contribution in [2.75, 3.05) is 13.6 Å². The fourth-order valence-corrected chi connectivity index (χ4v) is 3.51. The highest BCUT2D eigenvalue weighted by Crippen LogP contribution is 2.30. The van der Waals surface area contributed by atoms with Crippen molar-refractivity contribution in [2.24, 2.45) is 0 Å². The SMILES string of the molecule is CN1CC2=C(C=CS2=O)n2cnc(C#CC(C)(C)O)c2C1. The van der Waals surface area contributed by atoms with Crippen LogP contribution in [0.15, 0.2) is 22.7 Å². The summed E-state index contributed by atoms with van der Waals surface area (Å²) in [7, 11) is 0.928. The van der Waals surface area contributed by atoms with E-state index in [1.165, 1.54) is 0 Å². The van der Waals surface area contributed by atoms with Crippen LogP contribution in [0, 0.1) is 11.8 Å². The first-order chi connectivity index (χ1) is 9.85. The number of likely N-dealkylation sites (N-methyl/N-ethyl adjacent to an activating group) is 1. The van der Waals surface area contributed by atoms with Gasteiger partial charge in [-0.05, 0) is 32.9 Å². The molecule has 1 atom stereocenters. The Morgan fingerprint density at radius 2 is 2.19 bits per heavy atom. The van der Waals surface area contributed by atoms with Crippen molar-refractivity contribution in [3.05, 3.63) is 34.1 Å². The number of nitrogens with zero attached hydrogens (tertiary/aromatic N) is 3. The molecule has 0 saturated heterocycles. The highest BCUT2D eigenvalue weighted by Gasteiger charge is 2.26. The summed E-state index contributed by atoms with van der Waals surface area (Å²) in [5.41, 5.74) is 1.50. The maximum Gasteiger partial charge on any atom is 0.136 e. The van der Waals surface area contributed by atoms with Gasteiger partial charge in [0.25, 0.3) is 0 Å². The van der Waals surface area contributed by atoms with Crippen molar-refractivity contribution in [1.29, 1.82) is 0 Å². The first kappa shape index (κ1) is 14.3. The Bertz CT molecular complexity index is 741. The molecule has 2 aliphatic rings. The van der Waals surface area contributed by atoms with Crippen LogP contribution in [0.4, 0.5) is 0 Å². The van der Waals surface area contributed by atoms with Gasteiger partial charge in [-0.1, -0.05) is 5.92 Å². The lowest BCUT2D eigenvalue weighted by atomic mass is 10.1. The van der Waals surface area contributed by atoms with E-state index in [2.05, 4.69) is 21.7 Å². The zero-order valence-electron chi connectivity index (χ0n) is 12.3. The average Bonchev–Trinajstić information content (AvgIpc) is 2.88. The number of aromatic nitrogens is 2. The first-order valence-electron chi connectivity index (χ1n) is 6.68. The van der Waals surface area contributed by atoms with Crippen LogP contribution in [0.2, 0.25) is 0 Å². The fraction of sp³-hybridized carbons (Fsp3) is 0.400. The summed E-state index contributed by atoms with van der Waals surface area (Å²) in [5.74, 6) is 5.75. The number of allylic oxidation sites excluding steroid dienone is 2. The van der Waals surface area contributed by atoms with Crippen molar-refractivity contribution < 1.29 is 9.32 Å². The maximum atomic E-state index is 12.0. The highest BCUT2D eigenvalue weighted by atomic mass is 32.2. The van der Waals surface area contributed by atoms with E-state index >= 15 is 0 Å². The molecule has 0 radical (unpaired) electrons. The molecular formula is C15H17N3O2S. The average molecular weight is 303 g/mol. The fourth-order valence-electron chi connectivity index (χ4n) is 2.37. The van der Waals surface area contributed by atoms with Crippen LogP contribution in [0.25, 0.3) is 5.70 Å². The predicted molar refractivity (Wildman–Crippen MR) is 82.2 cm³/mol. The zero-order chi connectivity index (χ0) is 15.2. The second kappa shape index (κ2) is 4.95. The topological polar surface area (TPSA) is 58.4 Å². The summed E-state index contributed by atoms with van der Waals surface area (Å²) >= 11 is 0. The van der Waals surface area contributed by atoms with Crippen LogP contribution in [-0.2, 0) is 17.3 Å². The van der Waals surface area contributed by atoms with E-state index in [1.54, 1.807) is 25.6 Å². The molecule has 1 aromatic rings. The quantitative estimate of drug-likeness (QED) is 0.723. The summed E-state index contributed by atoms with van der Waals surface area (Å²) in [6, 6.07) is 0. The van der Waals surface area contributed by atoms with Crippen LogP contribution >= 0.6 is 0 Å². The lowest BCUT2D eigenvalue weighted by Gasteiger charge is -2.13. The molecule has 0 aliphatic carbocycles. The normalized spacial score (nSPS) is 21.6. The van der Waals surface area contributed by atoms with Crippen LogP contribution in [0.3, 0.4) is 0 Å². The van der Waals surface area contributed by atoms with Crippen LogP contribution < -0.4 is 0 Å². The number of imidazole rings is 1. The summed E-state index contributed by atoms with van der Waals surface area (Å²) in [6.45, 7) is 4.62. The van der Waals surface area contributed by atoms with Gasteiger partial charge in [-0.2, -0.15) is 0 Å². The Balaban J connectivity index is 2.10. The van der Waals surface area contributed by atoms with Gasteiger partial charge in [0.15, 0.2) is 0 Å². The van der Waals surface area contributed by atoms with E-state index in [4.69, 9.17) is 0 Å². The Morgan fingerprint density at radius 3 is 2.90 bits per heavy atom. The summed E-state index contributed by atoms with van der Waals surface area (Å²) < 4.78 is 14.0. The van der Waals surface area contributed by atoms with E-state index in [0.717, 1.165) is 16.3 Å². The molecule has 0 bridgehead atoms. The molecule has 110 valence electrons. The molecule has 0 amide bonds. The van der Waals surface area contributed by atoms with E-state index in [9.17, 15) is 9.32 Å². The third-order valence-corrected chi connectivity index (χ3v) is 4.53. The molecule has 0 spiro atoms. The second-order valence-corrected chi connectivity index (χ2v) is 7.16. The molecule has 0 fully saturated rings. The van der Waals surface area contributed by atoms with Crippen LogP contribution in [0.5, 0.6) is 0 Å². The first-order valence-corrected chi connectivity index (χ1v) is 7.89. The summed E-state index contributed by atoms with van der Waals surface area (Å²) in [6.07, 6.45) is 3.59. The third kappa shape index (κ3) is 2.72. The summed E-state index contributed by atoms with van der Waals surface area (Å²) in [5, 5.41) is 11.4. The largest absolute Gasteiger partial charge is 0.378 e. The van der Waals surface area contributed by atoms with E-state index in [0.29, 0.717) is 18.8 Å². The van der Waals surface area contributed by atoms with Gasteiger partial charge in [-0.25, -0.2) is 9.19 Å². The van der Waals surface area contributed by atoms with Gasteiger partial charge in [0.05, 0.1) is 27.1 Å². The number of hydrogen-bond acceptors (Lipinski definition) is 4. The molecule has 3 rings (SSSR count). The Labute approximate surface area is 126 Å². The number of hydrogen-bond donors (Lipinski definition) is 1. The van der Waals surface area contributed by atoms with E-state index in [-0.39, 0.29) is 0 Å². The van der Waals surface area contributed by atoms with Crippen molar-refractivity contribution in [3.8, 4) is 11.8 Å². The maximum absolute atomic E-state index is 12.0. The van der Waals surface area contributed by atoms with Gasteiger partial charge in [0.1, 0.15) is 17.6 Å². The standard InChI is InChI=1S/C15H17N3O2S/c1-15(2,19)6-4-11-13-8-17(3)9-14-12(5-7-21(14)20)18(13)10-16-11/h5,7,10,19H,8-9H2,1-3H3. The minimum atomic E-state index is -1.05. The van der Waals surface area contributed by atoms with E-state index < -0.39 is 16.4 Å². The molecule has 6 heteroatoms. The predicted octanol–water partition coefficient (Wildman–Crippen LogP) is 0.896. The van der Waals surface area contributed by atoms with Crippen molar-refractivity contribution in [3.63, 3.8) is 0 Å². The van der Waals surface area contributed by atoms with Crippen molar-refractivity contribution >= 4 is 16.5 Å². The zero-order valence-corrected chi connectivity index (χ0v) is 13.1. The van der Waals surface area contributed by atoms with Gasteiger partial charge < -0.3 is 5.11 Å². The molecule has 0 saturated carbocycles. The van der Waals surface area contributed by atoms with E-state index in [1.807, 2.05) is 17.7 Å². The van der Waals surface area contributed by atoms with Gasteiger partial charge in [-0.3, -0.25) is 9.47 Å². The molecule has 0 aromatic carbocycles. The third-order valence-electron chi connectivity index (χ3n) is 3.32. The number of aliphatic hydroxyl groups is 1. The minimum Gasteiger partial charge on any atom is -0.378 e. The smallest absolute Gasteiger partial charge is 0.136 e. The van der Waals surface area contributed by atoms with Gasteiger partial charge in [-0.15, -0.1) is 0 Å². The molecule has 1 unspecified atom stereocenters. The van der Waals surface area contributed by atoms with Crippen molar-refractivity contribution in [1.82, 2.24) is 14.5 Å². The highest BCUT2D eigenvalue weighted by molar-refractivity contribution is 7.92. The number of rotatable bonds is 0. The Morgan fingerprint density at radius 1 is 1.43 bits per heavy atom. The number of fused-ring (bicyclic) bond motifs is 2. The Kier molecular flexibility index (Phi) is 3.36. The molecule has 2 aliphatic heterocycles.